The minimum Gasteiger partial charge on any atom is -0.478 e. The van der Waals surface area contributed by atoms with E-state index in [4.69, 9.17) is 4.74 Å². The zero-order valence-corrected chi connectivity index (χ0v) is 18.3. The molecule has 0 spiro atoms. The van der Waals surface area contributed by atoms with Gasteiger partial charge in [-0.3, -0.25) is 0 Å². The summed E-state index contributed by atoms with van der Waals surface area (Å²) in [4.78, 5) is 12.1. The summed E-state index contributed by atoms with van der Waals surface area (Å²) in [7, 11) is 0. The molecule has 0 aromatic heterocycles. The average molecular weight is 452 g/mol. The quantitative estimate of drug-likeness (QED) is 0.421. The lowest BCUT2D eigenvalue weighted by Gasteiger charge is -2.23. The van der Waals surface area contributed by atoms with E-state index in [2.05, 4.69) is 6.92 Å². The summed E-state index contributed by atoms with van der Waals surface area (Å²) < 4.78 is 44.3. The third-order valence-corrected chi connectivity index (χ3v) is 5.59. The Bertz CT molecular complexity index is 1350. The molecule has 3 aromatic rings. The van der Waals surface area contributed by atoms with Gasteiger partial charge in [0.1, 0.15) is 11.5 Å². The molecule has 0 saturated carbocycles. The predicted molar refractivity (Wildman–Crippen MR) is 121 cm³/mol. The molecular weight excluding hydrogens is 429 g/mol. The summed E-state index contributed by atoms with van der Waals surface area (Å²) >= 11 is 0. The highest BCUT2D eigenvalue weighted by Gasteiger charge is 2.26. The first-order chi connectivity index (χ1) is 15.7. The summed E-state index contributed by atoms with van der Waals surface area (Å²) in [5.41, 5.74) is 4.03. The Morgan fingerprint density at radius 3 is 2.45 bits per heavy atom. The molecule has 1 heterocycles. The summed E-state index contributed by atoms with van der Waals surface area (Å²) in [6, 6.07) is 16.0. The largest absolute Gasteiger partial charge is 0.478 e. The first kappa shape index (κ1) is 22.6. The fourth-order valence-corrected chi connectivity index (χ4v) is 4.10. The van der Waals surface area contributed by atoms with Gasteiger partial charge in [0.05, 0.1) is 12.0 Å². The number of aryl methyl sites for hydroxylation is 2. The molecule has 3 nitrogen and oxygen atoms in total. The number of ether oxygens (including phenoxy) is 1. The molecule has 0 radical (unpaired) electrons. The zero-order chi connectivity index (χ0) is 23.8. The van der Waals surface area contributed by atoms with Gasteiger partial charge in [0.25, 0.3) is 0 Å². The molecule has 170 valence electrons. The molecule has 0 atom stereocenters. The van der Waals surface area contributed by atoms with Crippen LogP contribution in [0.25, 0.3) is 11.6 Å². The van der Waals surface area contributed by atoms with E-state index in [1.165, 1.54) is 0 Å². The van der Waals surface area contributed by atoms with Gasteiger partial charge < -0.3 is 9.84 Å². The highest BCUT2D eigenvalue weighted by atomic mass is 19.4. The van der Waals surface area contributed by atoms with Gasteiger partial charge in [-0.15, -0.1) is 0 Å². The van der Waals surface area contributed by atoms with Crippen LogP contribution >= 0.6 is 0 Å². The lowest BCUT2D eigenvalue weighted by molar-refractivity contribution is -0.122. The maximum absolute atomic E-state index is 12.7. The van der Waals surface area contributed by atoms with Gasteiger partial charge >= 0.3 is 12.1 Å². The van der Waals surface area contributed by atoms with E-state index in [0.717, 1.165) is 35.6 Å². The van der Waals surface area contributed by atoms with Crippen molar-refractivity contribution in [2.75, 3.05) is 0 Å². The standard InChI is InChI=1S/C27H23F3O3/c1-3-4-17-6-9-20-23(14-17)33-24-15-18(11-12-27(28,29)30)7-10-21(24)25(20)19-8-5-16(2)13-22(19)26(31)32/h5-11,13-15H,3-4,12H2,1-2H3,(H,31,32)/b18-11+. The molecule has 33 heavy (non-hydrogen) atoms. The van der Waals surface area contributed by atoms with E-state index in [0.29, 0.717) is 33.1 Å². The number of rotatable bonds is 5. The van der Waals surface area contributed by atoms with Gasteiger partial charge in [0, 0.05) is 16.4 Å². The van der Waals surface area contributed by atoms with Crippen molar-refractivity contribution in [2.45, 2.75) is 39.3 Å². The Morgan fingerprint density at radius 1 is 1.00 bits per heavy atom. The van der Waals surface area contributed by atoms with Crippen LogP contribution in [0, 0.1) is 6.92 Å². The molecule has 1 N–H and O–H groups in total. The lowest BCUT2D eigenvalue weighted by atomic mass is 9.88. The van der Waals surface area contributed by atoms with Gasteiger partial charge in [-0.1, -0.05) is 55.3 Å². The fourth-order valence-electron chi connectivity index (χ4n) is 4.10. The molecule has 0 saturated heterocycles. The van der Waals surface area contributed by atoms with Crippen LogP contribution in [0.5, 0.6) is 11.5 Å². The second kappa shape index (κ2) is 8.77. The van der Waals surface area contributed by atoms with Gasteiger partial charge in [0.2, 0.25) is 0 Å². The molecule has 4 rings (SSSR count). The van der Waals surface area contributed by atoms with Gasteiger partial charge in [-0.25, -0.2) is 4.79 Å². The number of carboxylic acid groups (broad SMARTS) is 1. The number of alkyl halides is 3. The van der Waals surface area contributed by atoms with Crippen LogP contribution < -0.4 is 15.2 Å². The Morgan fingerprint density at radius 2 is 1.76 bits per heavy atom. The smallest absolute Gasteiger partial charge is 0.392 e. The number of hydrogen-bond acceptors (Lipinski definition) is 2. The molecule has 3 aromatic carbocycles. The Balaban J connectivity index is 2.01. The first-order valence-electron chi connectivity index (χ1n) is 10.7. The van der Waals surface area contributed by atoms with Crippen molar-refractivity contribution in [3.63, 3.8) is 0 Å². The molecule has 0 fully saturated rings. The van der Waals surface area contributed by atoms with Crippen molar-refractivity contribution < 1.29 is 27.8 Å². The molecule has 0 bridgehead atoms. The van der Waals surface area contributed by atoms with E-state index >= 15 is 0 Å². The molecule has 0 aliphatic carbocycles. The van der Waals surface area contributed by atoms with Gasteiger partial charge in [-0.05, 0) is 54.0 Å². The minimum atomic E-state index is -4.30. The van der Waals surface area contributed by atoms with E-state index in [1.807, 2.05) is 31.2 Å². The molecule has 1 aliphatic heterocycles. The molecule has 0 amide bonds. The highest BCUT2D eigenvalue weighted by molar-refractivity contribution is 5.98. The summed E-state index contributed by atoms with van der Waals surface area (Å²) in [5, 5.41) is 10.9. The van der Waals surface area contributed by atoms with Crippen LogP contribution in [-0.4, -0.2) is 17.3 Å². The predicted octanol–water partition coefficient (Wildman–Crippen LogP) is 5.73. The monoisotopic (exact) mass is 452 g/mol. The minimum absolute atomic E-state index is 0.161. The summed E-state index contributed by atoms with van der Waals surface area (Å²) in [6.45, 7) is 3.90. The second-order valence-corrected chi connectivity index (χ2v) is 8.19. The number of halogens is 3. The van der Waals surface area contributed by atoms with Crippen LogP contribution in [0.3, 0.4) is 0 Å². The Labute approximate surface area is 189 Å². The van der Waals surface area contributed by atoms with Crippen LogP contribution in [-0.2, 0) is 6.42 Å². The topological polar surface area (TPSA) is 46.5 Å². The van der Waals surface area contributed by atoms with Crippen LogP contribution in [0.15, 0.2) is 54.6 Å². The molecular formula is C27H23F3O3. The van der Waals surface area contributed by atoms with Crippen molar-refractivity contribution in [1.82, 2.24) is 0 Å². The average Bonchev–Trinajstić information content (AvgIpc) is 2.75. The first-order valence-corrected chi connectivity index (χ1v) is 10.7. The Kier molecular flexibility index (Phi) is 6.02. The lowest BCUT2D eigenvalue weighted by Crippen LogP contribution is -2.21. The number of fused-ring (bicyclic) bond motifs is 2. The number of carbonyl (C=O) groups is 1. The van der Waals surface area contributed by atoms with E-state index < -0.39 is 18.6 Å². The summed E-state index contributed by atoms with van der Waals surface area (Å²) in [6.07, 6.45) is -2.43. The second-order valence-electron chi connectivity index (χ2n) is 8.19. The third-order valence-electron chi connectivity index (χ3n) is 5.59. The van der Waals surface area contributed by atoms with E-state index in [9.17, 15) is 23.1 Å². The van der Waals surface area contributed by atoms with Crippen LogP contribution in [0.2, 0.25) is 0 Å². The van der Waals surface area contributed by atoms with Crippen molar-refractivity contribution in [3.05, 3.63) is 92.9 Å². The van der Waals surface area contributed by atoms with Crippen molar-refractivity contribution in [2.24, 2.45) is 0 Å². The van der Waals surface area contributed by atoms with Crippen molar-refractivity contribution in [3.8, 4) is 11.5 Å². The highest BCUT2D eigenvalue weighted by Crippen LogP contribution is 2.38. The molecule has 0 unspecified atom stereocenters. The third kappa shape index (κ3) is 4.80. The Hall–Kier alpha value is -3.54. The molecule has 6 heteroatoms. The summed E-state index contributed by atoms with van der Waals surface area (Å²) in [5.74, 6) is -0.0825. The van der Waals surface area contributed by atoms with Gasteiger partial charge in [0.15, 0.2) is 0 Å². The fraction of sp³-hybridized carbons (Fsp3) is 0.222. The number of hydrogen-bond donors (Lipinski definition) is 1. The van der Waals surface area contributed by atoms with Crippen LogP contribution in [0.1, 0.15) is 52.4 Å². The maximum atomic E-state index is 12.7. The van der Waals surface area contributed by atoms with Gasteiger partial charge in [-0.2, -0.15) is 13.2 Å². The maximum Gasteiger partial charge on any atom is 0.392 e. The number of carboxylic acids is 1. The molecule has 1 aliphatic rings. The van der Waals surface area contributed by atoms with Crippen molar-refractivity contribution >= 4 is 17.6 Å². The van der Waals surface area contributed by atoms with Crippen molar-refractivity contribution in [1.29, 1.82) is 0 Å². The van der Waals surface area contributed by atoms with E-state index in [1.54, 1.807) is 30.3 Å². The van der Waals surface area contributed by atoms with E-state index in [-0.39, 0.29) is 5.56 Å². The zero-order valence-electron chi connectivity index (χ0n) is 18.3. The number of aromatic carboxylic acids is 1. The SMILES string of the molecule is CCCc1ccc2c(c1)Oc1c/c(=C/CC(F)(F)F)ccc1=C2c1ccc(C)cc1C(=O)O. The normalized spacial score (nSPS) is 13.4. The van der Waals surface area contributed by atoms with Crippen LogP contribution in [0.4, 0.5) is 13.2 Å². The number of benzene rings is 3.